The molecule has 3 rings (SSSR count). The molecule has 146 valence electrons. The van der Waals surface area contributed by atoms with Gasteiger partial charge in [0.15, 0.2) is 0 Å². The SMILES string of the molecule is Cc1ccc(-n2nnnc2S[C@@H](C)C(=O)Nc2ccc(S(N)(=O)=O)cc2)cc1. The summed E-state index contributed by atoms with van der Waals surface area (Å²) >= 11 is 1.21. The molecule has 1 atom stereocenters. The van der Waals surface area contributed by atoms with Gasteiger partial charge in [-0.05, 0) is 60.7 Å². The number of amides is 1. The summed E-state index contributed by atoms with van der Waals surface area (Å²) in [6.45, 7) is 3.72. The van der Waals surface area contributed by atoms with E-state index in [4.69, 9.17) is 5.14 Å². The van der Waals surface area contributed by atoms with E-state index in [9.17, 15) is 13.2 Å². The maximum absolute atomic E-state index is 12.5. The second-order valence-electron chi connectivity index (χ2n) is 6.03. The minimum absolute atomic E-state index is 0.0230. The number of nitrogens with zero attached hydrogens (tertiary/aromatic N) is 4. The second-order valence-corrected chi connectivity index (χ2v) is 8.90. The van der Waals surface area contributed by atoms with E-state index in [0.717, 1.165) is 11.3 Å². The van der Waals surface area contributed by atoms with Crippen molar-refractivity contribution in [3.05, 3.63) is 54.1 Å². The number of carbonyl (C=O) groups excluding carboxylic acids is 1. The van der Waals surface area contributed by atoms with Crippen molar-refractivity contribution in [2.75, 3.05) is 5.32 Å². The molecule has 0 spiro atoms. The highest BCUT2D eigenvalue weighted by Crippen LogP contribution is 2.24. The molecule has 0 aliphatic rings. The van der Waals surface area contributed by atoms with E-state index in [1.165, 1.54) is 36.0 Å². The lowest BCUT2D eigenvalue weighted by molar-refractivity contribution is -0.115. The highest BCUT2D eigenvalue weighted by Gasteiger charge is 2.19. The predicted octanol–water partition coefficient (Wildman–Crippen LogP) is 1.74. The summed E-state index contributed by atoms with van der Waals surface area (Å²) < 4.78 is 24.1. The molecular weight excluding hydrogens is 400 g/mol. The lowest BCUT2D eigenvalue weighted by Gasteiger charge is -2.12. The summed E-state index contributed by atoms with van der Waals surface area (Å²) in [6.07, 6.45) is 0. The van der Waals surface area contributed by atoms with Crippen molar-refractivity contribution in [1.82, 2.24) is 20.2 Å². The van der Waals surface area contributed by atoms with Crippen LogP contribution in [0.1, 0.15) is 12.5 Å². The molecule has 1 heterocycles. The van der Waals surface area contributed by atoms with Gasteiger partial charge in [0.05, 0.1) is 15.8 Å². The quantitative estimate of drug-likeness (QED) is 0.583. The average molecular weight is 419 g/mol. The molecule has 0 unspecified atom stereocenters. The standard InChI is InChI=1S/C17H18N6O3S2/c1-11-3-7-14(8-4-11)23-17(20-21-22-23)27-12(2)16(24)19-13-5-9-15(10-6-13)28(18,25)26/h3-10,12H,1-2H3,(H,19,24)(H2,18,25,26)/t12-/m0/s1. The third-order valence-corrected chi connectivity index (χ3v) is 5.78. The van der Waals surface area contributed by atoms with Gasteiger partial charge in [-0.15, -0.1) is 5.10 Å². The smallest absolute Gasteiger partial charge is 0.238 e. The fourth-order valence-electron chi connectivity index (χ4n) is 2.28. The van der Waals surface area contributed by atoms with E-state index in [1.54, 1.807) is 11.6 Å². The minimum Gasteiger partial charge on any atom is -0.325 e. The molecule has 11 heteroatoms. The maximum Gasteiger partial charge on any atom is 0.238 e. The van der Waals surface area contributed by atoms with Crippen molar-refractivity contribution in [2.24, 2.45) is 5.14 Å². The van der Waals surface area contributed by atoms with Crippen LogP contribution in [-0.4, -0.2) is 39.8 Å². The molecule has 2 aromatic carbocycles. The van der Waals surface area contributed by atoms with Crippen LogP contribution in [0.2, 0.25) is 0 Å². The van der Waals surface area contributed by atoms with Gasteiger partial charge < -0.3 is 5.32 Å². The van der Waals surface area contributed by atoms with Crippen LogP contribution >= 0.6 is 11.8 Å². The van der Waals surface area contributed by atoms with Gasteiger partial charge in [-0.2, -0.15) is 4.68 Å². The number of tetrazole rings is 1. The number of hydrogen-bond acceptors (Lipinski definition) is 7. The number of nitrogens with two attached hydrogens (primary N) is 1. The maximum atomic E-state index is 12.5. The van der Waals surface area contributed by atoms with Crippen molar-refractivity contribution >= 4 is 33.4 Å². The Morgan fingerprint density at radius 2 is 1.79 bits per heavy atom. The Hall–Kier alpha value is -2.76. The van der Waals surface area contributed by atoms with Crippen molar-refractivity contribution in [1.29, 1.82) is 0 Å². The molecule has 0 aliphatic heterocycles. The Morgan fingerprint density at radius 1 is 1.14 bits per heavy atom. The Bertz CT molecular complexity index is 1080. The zero-order valence-electron chi connectivity index (χ0n) is 15.1. The fourth-order valence-corrected chi connectivity index (χ4v) is 3.61. The van der Waals surface area contributed by atoms with Gasteiger partial charge >= 0.3 is 0 Å². The Balaban J connectivity index is 1.68. The molecule has 0 fully saturated rings. The number of primary sulfonamides is 1. The first kappa shape index (κ1) is 20.0. The lowest BCUT2D eigenvalue weighted by atomic mass is 10.2. The fraction of sp³-hybridized carbons (Fsp3) is 0.176. The van der Waals surface area contributed by atoms with Gasteiger partial charge in [-0.1, -0.05) is 29.5 Å². The number of sulfonamides is 1. The molecule has 3 aromatic rings. The Labute approximate surface area is 166 Å². The van der Waals surface area contributed by atoms with E-state index in [0.29, 0.717) is 10.8 Å². The third kappa shape index (κ3) is 4.74. The lowest BCUT2D eigenvalue weighted by Crippen LogP contribution is -2.23. The molecule has 9 nitrogen and oxygen atoms in total. The zero-order valence-corrected chi connectivity index (χ0v) is 16.7. The van der Waals surface area contributed by atoms with E-state index in [1.807, 2.05) is 31.2 Å². The van der Waals surface area contributed by atoms with E-state index in [2.05, 4.69) is 20.8 Å². The van der Waals surface area contributed by atoms with Crippen LogP contribution in [-0.2, 0) is 14.8 Å². The molecule has 28 heavy (non-hydrogen) atoms. The molecule has 0 aliphatic carbocycles. The largest absolute Gasteiger partial charge is 0.325 e. The summed E-state index contributed by atoms with van der Waals surface area (Å²) in [6, 6.07) is 13.3. The second kappa shape index (κ2) is 8.09. The van der Waals surface area contributed by atoms with Crippen LogP contribution < -0.4 is 10.5 Å². The third-order valence-electron chi connectivity index (χ3n) is 3.82. The molecule has 0 saturated heterocycles. The van der Waals surface area contributed by atoms with Gasteiger partial charge in [-0.3, -0.25) is 4.79 Å². The van der Waals surface area contributed by atoms with Gasteiger partial charge in [0.2, 0.25) is 21.1 Å². The molecule has 1 aromatic heterocycles. The summed E-state index contributed by atoms with van der Waals surface area (Å²) in [5.74, 6) is -0.271. The number of aromatic nitrogens is 4. The summed E-state index contributed by atoms with van der Waals surface area (Å²) in [7, 11) is -3.77. The van der Waals surface area contributed by atoms with E-state index < -0.39 is 15.3 Å². The zero-order chi connectivity index (χ0) is 20.3. The molecule has 0 saturated carbocycles. The van der Waals surface area contributed by atoms with Crippen LogP contribution in [0.4, 0.5) is 5.69 Å². The monoisotopic (exact) mass is 418 g/mol. The minimum atomic E-state index is -3.77. The van der Waals surface area contributed by atoms with Crippen molar-refractivity contribution in [3.8, 4) is 5.69 Å². The van der Waals surface area contributed by atoms with Gasteiger partial charge in [0.25, 0.3) is 0 Å². The van der Waals surface area contributed by atoms with E-state index >= 15 is 0 Å². The molecule has 0 radical (unpaired) electrons. The van der Waals surface area contributed by atoms with Gasteiger partial charge in [-0.25, -0.2) is 13.6 Å². The first-order valence-corrected chi connectivity index (χ1v) is 10.6. The number of thioether (sulfide) groups is 1. The number of aryl methyl sites for hydroxylation is 1. The molecule has 3 N–H and O–H groups in total. The highest BCUT2D eigenvalue weighted by atomic mass is 32.2. The number of carbonyl (C=O) groups is 1. The average Bonchev–Trinajstić information content (AvgIpc) is 3.10. The van der Waals surface area contributed by atoms with Gasteiger partial charge in [0, 0.05) is 5.69 Å². The summed E-state index contributed by atoms with van der Waals surface area (Å²) in [5.41, 5.74) is 2.37. The van der Waals surface area contributed by atoms with E-state index in [-0.39, 0.29) is 10.8 Å². The number of benzene rings is 2. The Morgan fingerprint density at radius 3 is 2.39 bits per heavy atom. The first-order chi connectivity index (χ1) is 13.2. The normalized spacial score (nSPS) is 12.5. The number of hydrogen-bond donors (Lipinski definition) is 2. The topological polar surface area (TPSA) is 133 Å². The summed E-state index contributed by atoms with van der Waals surface area (Å²) in [4.78, 5) is 12.4. The van der Waals surface area contributed by atoms with Crippen molar-refractivity contribution < 1.29 is 13.2 Å². The number of anilines is 1. The molecular formula is C17H18N6O3S2. The van der Waals surface area contributed by atoms with Crippen LogP contribution in [0, 0.1) is 6.92 Å². The number of nitrogens with one attached hydrogen (secondary N) is 1. The van der Waals surface area contributed by atoms with Crippen molar-refractivity contribution in [3.63, 3.8) is 0 Å². The molecule has 1 amide bonds. The van der Waals surface area contributed by atoms with Crippen LogP contribution in [0.3, 0.4) is 0 Å². The number of rotatable bonds is 6. The first-order valence-electron chi connectivity index (χ1n) is 8.20. The predicted molar refractivity (Wildman–Crippen MR) is 106 cm³/mol. The summed E-state index contributed by atoms with van der Waals surface area (Å²) in [5, 5.41) is 19.4. The molecule has 0 bridgehead atoms. The highest BCUT2D eigenvalue weighted by molar-refractivity contribution is 8.00. The van der Waals surface area contributed by atoms with Crippen molar-refractivity contribution in [2.45, 2.75) is 29.1 Å². The Kier molecular flexibility index (Phi) is 5.77. The van der Waals surface area contributed by atoms with Crippen LogP contribution in [0.15, 0.2) is 58.6 Å². The van der Waals surface area contributed by atoms with Crippen LogP contribution in [0.5, 0.6) is 0 Å². The van der Waals surface area contributed by atoms with Gasteiger partial charge in [0.1, 0.15) is 0 Å². The van der Waals surface area contributed by atoms with Crippen LogP contribution in [0.25, 0.3) is 5.69 Å².